The summed E-state index contributed by atoms with van der Waals surface area (Å²) in [4.78, 5) is 6.86. The molecule has 1 aliphatic heterocycles. The number of anilines is 1. The number of aromatic nitrogens is 1. The second-order valence-electron chi connectivity index (χ2n) is 5.21. The van der Waals surface area contributed by atoms with Gasteiger partial charge in [0.15, 0.2) is 0 Å². The molecule has 0 radical (unpaired) electrons. The molecule has 2 aliphatic rings. The van der Waals surface area contributed by atoms with Gasteiger partial charge in [0.1, 0.15) is 10.7 Å². The zero-order valence-electron chi connectivity index (χ0n) is 10.1. The van der Waals surface area contributed by atoms with Gasteiger partial charge in [-0.2, -0.15) is 0 Å². The first-order valence-corrected chi connectivity index (χ1v) is 6.75. The summed E-state index contributed by atoms with van der Waals surface area (Å²) in [5.74, 6) is 0.990. The molecule has 3 rings (SSSR count). The van der Waals surface area contributed by atoms with Gasteiger partial charge >= 0.3 is 0 Å². The van der Waals surface area contributed by atoms with Crippen LogP contribution >= 0.6 is 12.2 Å². The summed E-state index contributed by atoms with van der Waals surface area (Å²) < 4.78 is 0. The van der Waals surface area contributed by atoms with Crippen LogP contribution in [0.2, 0.25) is 0 Å². The number of hydrogen-bond donors (Lipinski definition) is 2. The maximum Gasteiger partial charge on any atom is 0.124 e. The number of pyridine rings is 1. The molecule has 1 aromatic rings. The van der Waals surface area contributed by atoms with Crippen molar-refractivity contribution in [3.8, 4) is 0 Å². The summed E-state index contributed by atoms with van der Waals surface area (Å²) in [6.45, 7) is 1.86. The van der Waals surface area contributed by atoms with Gasteiger partial charge in [-0.15, -0.1) is 0 Å². The molecule has 0 bridgehead atoms. The molecule has 96 valence electrons. The normalized spacial score (nSPS) is 30.5. The van der Waals surface area contributed by atoms with Crippen molar-refractivity contribution in [3.63, 3.8) is 0 Å². The van der Waals surface area contributed by atoms with Crippen LogP contribution in [-0.2, 0) is 0 Å². The molecular formula is C13H17N3OS. The van der Waals surface area contributed by atoms with Gasteiger partial charge in [-0.3, -0.25) is 4.98 Å². The summed E-state index contributed by atoms with van der Waals surface area (Å²) in [6, 6.07) is 3.91. The first kappa shape index (κ1) is 11.9. The molecule has 18 heavy (non-hydrogen) atoms. The summed E-state index contributed by atoms with van der Waals surface area (Å²) in [5.41, 5.74) is 7.42. The van der Waals surface area contributed by atoms with Crippen LogP contribution in [0, 0.1) is 11.8 Å². The summed E-state index contributed by atoms with van der Waals surface area (Å²) in [7, 11) is 0. The lowest BCUT2D eigenvalue weighted by Gasteiger charge is -2.22. The fourth-order valence-corrected chi connectivity index (χ4v) is 3.43. The molecule has 5 heteroatoms. The zero-order chi connectivity index (χ0) is 12.7. The van der Waals surface area contributed by atoms with Gasteiger partial charge in [-0.05, 0) is 30.9 Å². The molecule has 2 fully saturated rings. The number of nitrogens with two attached hydrogens (primary N) is 1. The Hall–Kier alpha value is -1.20. The third-order valence-electron chi connectivity index (χ3n) is 4.18. The molecule has 1 saturated carbocycles. The summed E-state index contributed by atoms with van der Waals surface area (Å²) >= 11 is 5.05. The molecule has 3 atom stereocenters. The van der Waals surface area contributed by atoms with E-state index in [1.807, 2.05) is 12.1 Å². The molecular weight excluding hydrogens is 246 g/mol. The van der Waals surface area contributed by atoms with Crippen LogP contribution in [0.5, 0.6) is 0 Å². The second-order valence-corrected chi connectivity index (χ2v) is 5.65. The Bertz CT molecular complexity index is 479. The van der Waals surface area contributed by atoms with Crippen molar-refractivity contribution < 1.29 is 5.11 Å². The lowest BCUT2D eigenvalue weighted by Crippen LogP contribution is -2.27. The average Bonchev–Trinajstić information content (AvgIpc) is 2.92. The van der Waals surface area contributed by atoms with E-state index in [0.717, 1.165) is 31.6 Å². The minimum absolute atomic E-state index is 0.148. The van der Waals surface area contributed by atoms with Crippen molar-refractivity contribution in [3.05, 3.63) is 24.0 Å². The predicted molar refractivity (Wildman–Crippen MR) is 74.6 cm³/mol. The summed E-state index contributed by atoms with van der Waals surface area (Å²) in [5, 5.41) is 9.95. The zero-order valence-corrected chi connectivity index (χ0v) is 10.9. The van der Waals surface area contributed by atoms with Crippen LogP contribution in [0.4, 0.5) is 5.69 Å². The number of aliphatic hydroxyl groups is 1. The molecule has 3 N–H and O–H groups in total. The van der Waals surface area contributed by atoms with E-state index in [1.165, 1.54) is 0 Å². The number of hydrogen-bond acceptors (Lipinski definition) is 4. The molecule has 3 unspecified atom stereocenters. The van der Waals surface area contributed by atoms with Crippen molar-refractivity contribution in [1.82, 2.24) is 4.98 Å². The predicted octanol–water partition coefficient (Wildman–Crippen LogP) is 0.923. The van der Waals surface area contributed by atoms with Crippen LogP contribution < -0.4 is 10.6 Å². The van der Waals surface area contributed by atoms with Gasteiger partial charge in [-0.25, -0.2) is 0 Å². The Balaban J connectivity index is 1.87. The number of nitrogens with zero attached hydrogens (tertiary/aromatic N) is 2. The third kappa shape index (κ3) is 1.87. The van der Waals surface area contributed by atoms with Gasteiger partial charge in [0, 0.05) is 25.2 Å². The van der Waals surface area contributed by atoms with E-state index in [-0.39, 0.29) is 6.10 Å². The van der Waals surface area contributed by atoms with E-state index in [4.69, 9.17) is 18.0 Å². The third-order valence-corrected chi connectivity index (χ3v) is 4.37. The van der Waals surface area contributed by atoms with Crippen molar-refractivity contribution in [2.24, 2.45) is 17.6 Å². The lowest BCUT2D eigenvalue weighted by atomic mass is 10.00. The van der Waals surface area contributed by atoms with Gasteiger partial charge in [0.05, 0.1) is 11.8 Å². The minimum Gasteiger partial charge on any atom is -0.393 e. The Morgan fingerprint density at radius 1 is 1.44 bits per heavy atom. The Morgan fingerprint density at radius 3 is 3.00 bits per heavy atom. The number of fused-ring (bicyclic) bond motifs is 1. The highest BCUT2D eigenvalue weighted by Crippen LogP contribution is 2.40. The van der Waals surface area contributed by atoms with Crippen LogP contribution in [0.25, 0.3) is 0 Å². The highest BCUT2D eigenvalue weighted by Gasteiger charge is 2.42. The first-order valence-electron chi connectivity index (χ1n) is 6.34. The monoisotopic (exact) mass is 263 g/mol. The van der Waals surface area contributed by atoms with Crippen molar-refractivity contribution in [1.29, 1.82) is 0 Å². The average molecular weight is 263 g/mol. The number of thiocarbonyl (C=S) groups is 1. The molecule has 1 saturated heterocycles. The van der Waals surface area contributed by atoms with E-state index in [1.54, 1.807) is 6.20 Å². The quantitative estimate of drug-likeness (QED) is 0.777. The molecule has 4 nitrogen and oxygen atoms in total. The molecule has 1 aliphatic carbocycles. The highest BCUT2D eigenvalue weighted by atomic mass is 32.1. The van der Waals surface area contributed by atoms with Crippen LogP contribution in [0.15, 0.2) is 18.3 Å². The van der Waals surface area contributed by atoms with E-state index >= 15 is 0 Å². The Labute approximate surface area is 112 Å². The van der Waals surface area contributed by atoms with E-state index in [9.17, 15) is 5.11 Å². The van der Waals surface area contributed by atoms with E-state index < -0.39 is 0 Å². The van der Waals surface area contributed by atoms with Gasteiger partial charge < -0.3 is 15.7 Å². The Morgan fingerprint density at radius 2 is 2.28 bits per heavy atom. The smallest absolute Gasteiger partial charge is 0.124 e. The molecule has 2 heterocycles. The van der Waals surface area contributed by atoms with Gasteiger partial charge in [-0.1, -0.05) is 12.2 Å². The van der Waals surface area contributed by atoms with Crippen LogP contribution in [0.3, 0.4) is 0 Å². The van der Waals surface area contributed by atoms with Crippen molar-refractivity contribution in [2.45, 2.75) is 18.9 Å². The first-order chi connectivity index (χ1) is 8.66. The molecule has 0 spiro atoms. The molecule has 1 aromatic heterocycles. The van der Waals surface area contributed by atoms with Gasteiger partial charge in [0.2, 0.25) is 0 Å². The van der Waals surface area contributed by atoms with E-state index in [2.05, 4.69) is 9.88 Å². The minimum atomic E-state index is -0.148. The van der Waals surface area contributed by atoms with Crippen molar-refractivity contribution >= 4 is 22.9 Å². The fourth-order valence-electron chi connectivity index (χ4n) is 3.28. The maximum absolute atomic E-state index is 9.95. The standard InChI is InChI=1S/C13H17N3OS/c14-13(18)12-10(2-1-5-15-12)16-6-8-3-4-11(17)9(8)7-16/h1-2,5,8-9,11,17H,3-4,6-7H2,(H2,14,18). The fraction of sp³-hybridized carbons (Fsp3) is 0.538. The second kappa shape index (κ2) is 4.48. The largest absolute Gasteiger partial charge is 0.393 e. The Kier molecular flexibility index (Phi) is 2.95. The van der Waals surface area contributed by atoms with Gasteiger partial charge in [0.25, 0.3) is 0 Å². The van der Waals surface area contributed by atoms with Crippen molar-refractivity contribution in [2.75, 3.05) is 18.0 Å². The summed E-state index contributed by atoms with van der Waals surface area (Å²) in [6.07, 6.45) is 3.62. The van der Waals surface area contributed by atoms with Crippen LogP contribution in [-0.4, -0.2) is 34.3 Å². The number of aliphatic hydroxyl groups excluding tert-OH is 1. The maximum atomic E-state index is 9.95. The van der Waals surface area contributed by atoms with Crippen LogP contribution in [0.1, 0.15) is 18.5 Å². The molecule has 0 aromatic carbocycles. The lowest BCUT2D eigenvalue weighted by molar-refractivity contribution is 0.133. The number of rotatable bonds is 2. The SMILES string of the molecule is NC(=S)c1ncccc1N1CC2CCC(O)C2C1. The highest BCUT2D eigenvalue weighted by molar-refractivity contribution is 7.80. The topological polar surface area (TPSA) is 62.4 Å². The molecule has 0 amide bonds. The van der Waals surface area contributed by atoms with E-state index in [0.29, 0.717) is 22.5 Å².